The molecule has 1 aromatic rings. The van der Waals surface area contributed by atoms with Crippen molar-refractivity contribution in [2.24, 2.45) is 5.92 Å². The lowest BCUT2D eigenvalue weighted by Crippen LogP contribution is -2.37. The van der Waals surface area contributed by atoms with Crippen LogP contribution in [0.3, 0.4) is 0 Å². The molecular weight excluding hydrogens is 346 g/mol. The van der Waals surface area contributed by atoms with Gasteiger partial charge in [-0.2, -0.15) is 0 Å². The SMILES string of the molecule is O=C(Nc1cc(Br)ccc1N1CCOCC1)C1CCNCC1. The first-order valence-electron chi connectivity index (χ1n) is 7.88. The van der Waals surface area contributed by atoms with Crippen LogP contribution in [-0.4, -0.2) is 45.3 Å². The molecule has 5 nitrogen and oxygen atoms in total. The van der Waals surface area contributed by atoms with Gasteiger partial charge in [0.1, 0.15) is 0 Å². The first kappa shape index (κ1) is 15.8. The molecular formula is C16H22BrN3O2. The number of ether oxygens (including phenoxy) is 1. The van der Waals surface area contributed by atoms with Gasteiger partial charge in [0.05, 0.1) is 24.6 Å². The molecule has 2 saturated heterocycles. The average Bonchev–Trinajstić information content (AvgIpc) is 2.56. The summed E-state index contributed by atoms with van der Waals surface area (Å²) >= 11 is 3.50. The van der Waals surface area contributed by atoms with E-state index in [2.05, 4.69) is 37.5 Å². The molecule has 0 atom stereocenters. The highest BCUT2D eigenvalue weighted by molar-refractivity contribution is 9.10. The van der Waals surface area contributed by atoms with Crippen molar-refractivity contribution in [2.45, 2.75) is 12.8 Å². The number of benzene rings is 1. The molecule has 0 radical (unpaired) electrons. The van der Waals surface area contributed by atoms with Crippen LogP contribution in [0.5, 0.6) is 0 Å². The number of rotatable bonds is 3. The fourth-order valence-electron chi connectivity index (χ4n) is 3.01. The van der Waals surface area contributed by atoms with Crippen LogP contribution >= 0.6 is 15.9 Å². The number of anilines is 2. The smallest absolute Gasteiger partial charge is 0.227 e. The summed E-state index contributed by atoms with van der Waals surface area (Å²) in [6.07, 6.45) is 1.82. The van der Waals surface area contributed by atoms with Crippen LogP contribution in [-0.2, 0) is 9.53 Å². The molecule has 0 unspecified atom stereocenters. The number of carbonyl (C=O) groups is 1. The number of amides is 1. The third-order valence-corrected chi connectivity index (χ3v) is 4.77. The zero-order chi connectivity index (χ0) is 15.4. The van der Waals surface area contributed by atoms with Gasteiger partial charge in [0, 0.05) is 23.5 Å². The van der Waals surface area contributed by atoms with Gasteiger partial charge in [0.2, 0.25) is 5.91 Å². The van der Waals surface area contributed by atoms with E-state index in [0.29, 0.717) is 0 Å². The number of halogens is 1. The molecule has 3 rings (SSSR count). The molecule has 2 heterocycles. The second-order valence-corrected chi connectivity index (χ2v) is 6.69. The predicted molar refractivity (Wildman–Crippen MR) is 91.4 cm³/mol. The van der Waals surface area contributed by atoms with Crippen LogP contribution in [0.15, 0.2) is 22.7 Å². The van der Waals surface area contributed by atoms with E-state index in [1.54, 1.807) is 0 Å². The first-order valence-corrected chi connectivity index (χ1v) is 8.67. The van der Waals surface area contributed by atoms with E-state index in [-0.39, 0.29) is 11.8 Å². The highest BCUT2D eigenvalue weighted by Gasteiger charge is 2.23. The van der Waals surface area contributed by atoms with Crippen LogP contribution in [0.25, 0.3) is 0 Å². The summed E-state index contributed by atoms with van der Waals surface area (Å²) in [5.74, 6) is 0.242. The molecule has 22 heavy (non-hydrogen) atoms. The first-order chi connectivity index (χ1) is 10.7. The van der Waals surface area contributed by atoms with E-state index < -0.39 is 0 Å². The molecule has 0 saturated carbocycles. The Morgan fingerprint density at radius 2 is 2.00 bits per heavy atom. The third-order valence-electron chi connectivity index (χ3n) is 4.28. The number of carbonyl (C=O) groups excluding carboxylic acids is 1. The van der Waals surface area contributed by atoms with E-state index >= 15 is 0 Å². The summed E-state index contributed by atoms with van der Waals surface area (Å²) < 4.78 is 6.39. The van der Waals surface area contributed by atoms with Crippen LogP contribution in [0.1, 0.15) is 12.8 Å². The molecule has 0 aliphatic carbocycles. The number of hydrogen-bond acceptors (Lipinski definition) is 4. The summed E-state index contributed by atoms with van der Waals surface area (Å²) in [4.78, 5) is 14.8. The van der Waals surface area contributed by atoms with Crippen molar-refractivity contribution in [3.05, 3.63) is 22.7 Å². The lowest BCUT2D eigenvalue weighted by atomic mass is 9.97. The van der Waals surface area contributed by atoms with Gasteiger partial charge in [-0.3, -0.25) is 4.79 Å². The Bertz CT molecular complexity index is 526. The molecule has 0 aromatic heterocycles. The van der Waals surface area contributed by atoms with Gasteiger partial charge in [-0.15, -0.1) is 0 Å². The van der Waals surface area contributed by atoms with E-state index in [4.69, 9.17) is 4.74 Å². The van der Waals surface area contributed by atoms with Gasteiger partial charge in [-0.25, -0.2) is 0 Å². The Morgan fingerprint density at radius 1 is 1.27 bits per heavy atom. The summed E-state index contributed by atoms with van der Waals surface area (Å²) in [7, 11) is 0. The van der Waals surface area contributed by atoms with Gasteiger partial charge in [-0.05, 0) is 44.1 Å². The maximum absolute atomic E-state index is 12.5. The molecule has 6 heteroatoms. The van der Waals surface area contributed by atoms with Gasteiger partial charge >= 0.3 is 0 Å². The van der Waals surface area contributed by atoms with Crippen LogP contribution < -0.4 is 15.5 Å². The number of nitrogens with one attached hydrogen (secondary N) is 2. The Balaban J connectivity index is 1.76. The summed E-state index contributed by atoms with van der Waals surface area (Å²) in [6.45, 7) is 5.03. The van der Waals surface area contributed by atoms with Crippen LogP contribution in [0.4, 0.5) is 11.4 Å². The summed E-state index contributed by atoms with van der Waals surface area (Å²) in [5, 5.41) is 6.44. The Labute approximate surface area is 139 Å². The third kappa shape index (κ3) is 3.80. The van der Waals surface area contributed by atoms with Crippen molar-refractivity contribution in [3.63, 3.8) is 0 Å². The van der Waals surface area contributed by atoms with Crippen molar-refractivity contribution in [1.82, 2.24) is 5.32 Å². The molecule has 2 fully saturated rings. The molecule has 1 aromatic carbocycles. The molecule has 0 bridgehead atoms. The molecule has 1 amide bonds. The fraction of sp³-hybridized carbons (Fsp3) is 0.562. The Hall–Kier alpha value is -1.11. The lowest BCUT2D eigenvalue weighted by Gasteiger charge is -2.31. The standard InChI is InChI=1S/C16H22BrN3O2/c17-13-1-2-15(20-7-9-22-10-8-20)14(11-13)19-16(21)12-3-5-18-6-4-12/h1-2,11-12,18H,3-10H2,(H,19,21). The van der Waals surface area contributed by atoms with E-state index in [0.717, 1.165) is 68.1 Å². The highest BCUT2D eigenvalue weighted by Crippen LogP contribution is 2.31. The number of hydrogen-bond donors (Lipinski definition) is 2. The quantitative estimate of drug-likeness (QED) is 0.859. The summed E-state index contributed by atoms with van der Waals surface area (Å²) in [5.41, 5.74) is 1.97. The number of nitrogens with zero attached hydrogens (tertiary/aromatic N) is 1. The van der Waals surface area contributed by atoms with Crippen LogP contribution in [0, 0.1) is 5.92 Å². The predicted octanol–water partition coefficient (Wildman–Crippen LogP) is 2.22. The lowest BCUT2D eigenvalue weighted by molar-refractivity contribution is -0.120. The monoisotopic (exact) mass is 367 g/mol. The minimum Gasteiger partial charge on any atom is -0.378 e. The van der Waals surface area contributed by atoms with Gasteiger partial charge in [0.25, 0.3) is 0 Å². The molecule has 2 N–H and O–H groups in total. The second kappa shape index (κ2) is 7.44. The van der Waals surface area contributed by atoms with E-state index in [1.807, 2.05) is 12.1 Å². The van der Waals surface area contributed by atoms with Crippen molar-refractivity contribution in [3.8, 4) is 0 Å². The maximum atomic E-state index is 12.5. The zero-order valence-corrected chi connectivity index (χ0v) is 14.2. The molecule has 0 spiro atoms. The average molecular weight is 368 g/mol. The van der Waals surface area contributed by atoms with Crippen molar-refractivity contribution < 1.29 is 9.53 Å². The normalized spacial score (nSPS) is 20.0. The molecule has 120 valence electrons. The van der Waals surface area contributed by atoms with Crippen molar-refractivity contribution >= 4 is 33.2 Å². The molecule has 2 aliphatic rings. The number of piperidine rings is 1. The highest BCUT2D eigenvalue weighted by atomic mass is 79.9. The Morgan fingerprint density at radius 3 is 2.73 bits per heavy atom. The van der Waals surface area contributed by atoms with Gasteiger partial charge in [0.15, 0.2) is 0 Å². The summed E-state index contributed by atoms with van der Waals surface area (Å²) in [6, 6.07) is 6.07. The minimum absolute atomic E-state index is 0.109. The second-order valence-electron chi connectivity index (χ2n) is 5.77. The van der Waals surface area contributed by atoms with Crippen molar-refractivity contribution in [2.75, 3.05) is 49.6 Å². The maximum Gasteiger partial charge on any atom is 0.227 e. The Kier molecular flexibility index (Phi) is 5.33. The van der Waals surface area contributed by atoms with E-state index in [1.165, 1.54) is 0 Å². The van der Waals surface area contributed by atoms with Gasteiger partial charge in [-0.1, -0.05) is 15.9 Å². The minimum atomic E-state index is 0.109. The topological polar surface area (TPSA) is 53.6 Å². The number of morpholine rings is 1. The van der Waals surface area contributed by atoms with Gasteiger partial charge < -0.3 is 20.3 Å². The fourth-order valence-corrected chi connectivity index (χ4v) is 3.37. The van der Waals surface area contributed by atoms with Crippen LogP contribution in [0.2, 0.25) is 0 Å². The van der Waals surface area contributed by atoms with E-state index in [9.17, 15) is 4.79 Å². The zero-order valence-electron chi connectivity index (χ0n) is 12.6. The largest absolute Gasteiger partial charge is 0.378 e. The molecule has 2 aliphatic heterocycles. The van der Waals surface area contributed by atoms with Crippen molar-refractivity contribution in [1.29, 1.82) is 0 Å².